The van der Waals surface area contributed by atoms with Crippen molar-refractivity contribution in [2.45, 2.75) is 36.1 Å². The number of likely N-dealkylation sites (tertiary alicyclic amines) is 1. The quantitative estimate of drug-likeness (QED) is 0.610. The highest BCUT2D eigenvalue weighted by molar-refractivity contribution is 7.82. The Morgan fingerprint density at radius 1 is 1.29 bits per heavy atom. The molecule has 3 aliphatic heterocycles. The van der Waals surface area contributed by atoms with Crippen molar-refractivity contribution in [3.05, 3.63) is 41.4 Å². The molecule has 3 saturated heterocycles. The van der Waals surface area contributed by atoms with Crippen molar-refractivity contribution >= 4 is 45.3 Å². The predicted octanol–water partition coefficient (Wildman–Crippen LogP) is 2.30. The number of amides is 2. The molecule has 9 nitrogen and oxygen atoms in total. The lowest BCUT2D eigenvalue weighted by Gasteiger charge is -2.44. The minimum Gasteiger partial charge on any atom is -0.380 e. The van der Waals surface area contributed by atoms with Crippen LogP contribution in [-0.2, 0) is 30.0 Å². The monoisotopic (exact) mass is 520 g/mol. The summed E-state index contributed by atoms with van der Waals surface area (Å²) in [7, 11) is -0.0467. The summed E-state index contributed by atoms with van der Waals surface area (Å²) in [5, 5.41) is 1.94. The first-order valence-corrected chi connectivity index (χ1v) is 13.0. The molecule has 35 heavy (non-hydrogen) atoms. The number of piperidine rings is 1. The number of aromatic nitrogens is 1. The van der Waals surface area contributed by atoms with E-state index in [0.29, 0.717) is 48.1 Å². The second-order valence-corrected chi connectivity index (χ2v) is 11.5. The van der Waals surface area contributed by atoms with Crippen molar-refractivity contribution in [2.24, 2.45) is 0 Å². The molecule has 2 unspecified atom stereocenters. The Balaban J connectivity index is 1.38. The topological polar surface area (TPSA) is 95.2 Å². The molecule has 0 saturated carbocycles. The first-order chi connectivity index (χ1) is 16.7. The summed E-state index contributed by atoms with van der Waals surface area (Å²) < 4.78 is 27.4. The average Bonchev–Trinajstić information content (AvgIpc) is 3.38. The third kappa shape index (κ3) is 4.31. The largest absolute Gasteiger partial charge is 0.380 e. The molecule has 1 N–H and O–H groups in total. The van der Waals surface area contributed by atoms with E-state index in [0.717, 1.165) is 10.9 Å². The number of piperazine rings is 1. The van der Waals surface area contributed by atoms with Gasteiger partial charge in [0.2, 0.25) is 11.8 Å². The summed E-state index contributed by atoms with van der Waals surface area (Å²) >= 11 is 6.10. The molecule has 1 spiro atoms. The van der Waals surface area contributed by atoms with Crippen molar-refractivity contribution in [3.8, 4) is 0 Å². The van der Waals surface area contributed by atoms with Crippen LogP contribution in [0.4, 0.5) is 0 Å². The van der Waals surface area contributed by atoms with Gasteiger partial charge in [-0.2, -0.15) is 0 Å². The maximum Gasteiger partial charge on any atom is 0.248 e. The van der Waals surface area contributed by atoms with Crippen LogP contribution >= 0.6 is 11.6 Å². The van der Waals surface area contributed by atoms with E-state index in [2.05, 4.69) is 11.6 Å². The number of hydrogen-bond donors (Lipinski definition) is 1. The van der Waals surface area contributed by atoms with E-state index < -0.39 is 22.3 Å². The lowest BCUT2D eigenvalue weighted by molar-refractivity contribution is -0.197. The summed E-state index contributed by atoms with van der Waals surface area (Å²) in [6.45, 7) is 7.36. The highest BCUT2D eigenvalue weighted by atomic mass is 35.5. The van der Waals surface area contributed by atoms with Crippen LogP contribution in [0.15, 0.2) is 41.4 Å². The number of hydrogen-bond acceptors (Lipinski definition) is 5. The van der Waals surface area contributed by atoms with Gasteiger partial charge in [-0.05, 0) is 44.0 Å². The van der Waals surface area contributed by atoms with Crippen LogP contribution < -0.4 is 0 Å². The van der Waals surface area contributed by atoms with Gasteiger partial charge in [-0.3, -0.25) is 9.59 Å². The van der Waals surface area contributed by atoms with Crippen LogP contribution in [0.5, 0.6) is 0 Å². The number of methoxy groups -OCH3 is 1. The van der Waals surface area contributed by atoms with Gasteiger partial charge >= 0.3 is 0 Å². The van der Waals surface area contributed by atoms with E-state index in [4.69, 9.17) is 21.1 Å². The Morgan fingerprint density at radius 3 is 2.71 bits per heavy atom. The molecule has 3 fully saturated rings. The first-order valence-electron chi connectivity index (χ1n) is 11.5. The molecule has 5 rings (SSSR count). The zero-order valence-corrected chi connectivity index (χ0v) is 21.4. The van der Waals surface area contributed by atoms with Crippen molar-refractivity contribution in [2.75, 3.05) is 46.4 Å². The molecule has 0 bridgehead atoms. The maximum atomic E-state index is 13.5. The molecule has 4 heterocycles. The summed E-state index contributed by atoms with van der Waals surface area (Å²) in [6.07, 6.45) is 1.21. The normalized spacial score (nSPS) is 25.3. The van der Waals surface area contributed by atoms with E-state index in [9.17, 15) is 13.8 Å². The fourth-order valence-electron chi connectivity index (χ4n) is 5.38. The number of ether oxygens (including phenoxy) is 2. The Morgan fingerprint density at radius 2 is 2.03 bits per heavy atom. The van der Waals surface area contributed by atoms with Crippen LogP contribution in [0.25, 0.3) is 10.9 Å². The van der Waals surface area contributed by atoms with Gasteiger partial charge in [0.25, 0.3) is 0 Å². The number of nitrogens with zero attached hydrogens (tertiary/aromatic N) is 3. The minimum absolute atomic E-state index is 0.00784. The Labute approximate surface area is 211 Å². The van der Waals surface area contributed by atoms with Crippen LogP contribution in [0.3, 0.4) is 0 Å². The molecule has 3 aliphatic rings. The lowest BCUT2D eigenvalue weighted by Crippen LogP contribution is -2.64. The summed E-state index contributed by atoms with van der Waals surface area (Å²) in [5.41, 5.74) is -0.291. The Hall–Kier alpha value is -2.24. The molecule has 2 aromatic rings. The van der Waals surface area contributed by atoms with Gasteiger partial charge in [0, 0.05) is 41.7 Å². The van der Waals surface area contributed by atoms with Gasteiger partial charge in [0.1, 0.15) is 16.0 Å². The summed E-state index contributed by atoms with van der Waals surface area (Å²) in [5.74, 6) is -0.211. The number of benzene rings is 1. The van der Waals surface area contributed by atoms with E-state index >= 15 is 0 Å². The maximum absolute atomic E-state index is 13.5. The van der Waals surface area contributed by atoms with Gasteiger partial charge in [-0.1, -0.05) is 18.2 Å². The predicted molar refractivity (Wildman–Crippen MR) is 132 cm³/mol. The molecule has 0 radical (unpaired) electrons. The smallest absolute Gasteiger partial charge is 0.248 e. The van der Waals surface area contributed by atoms with Crippen LogP contribution in [0, 0.1) is 0 Å². The van der Waals surface area contributed by atoms with Gasteiger partial charge in [0.15, 0.2) is 5.72 Å². The molecular weight excluding hydrogens is 492 g/mol. The number of carbonyl (C=O) groups excluding carboxylic acids is 2. The van der Waals surface area contributed by atoms with Gasteiger partial charge in [0.05, 0.1) is 31.8 Å². The molecule has 2 amide bonds. The number of carbonyl (C=O) groups is 2. The fourth-order valence-corrected chi connectivity index (χ4v) is 6.81. The zero-order chi connectivity index (χ0) is 25.0. The fraction of sp³-hybridized carbons (Fsp3) is 0.500. The Bertz CT molecular complexity index is 1220. The van der Waals surface area contributed by atoms with Crippen LogP contribution in [-0.4, -0.2) is 92.9 Å². The van der Waals surface area contributed by atoms with Crippen molar-refractivity contribution in [3.63, 3.8) is 0 Å². The number of fused-ring (bicyclic) bond motifs is 2. The highest BCUT2D eigenvalue weighted by Crippen LogP contribution is 2.43. The average molecular weight is 521 g/mol. The molecule has 0 aliphatic carbocycles. The van der Waals surface area contributed by atoms with Gasteiger partial charge in [-0.15, -0.1) is 0 Å². The van der Waals surface area contributed by atoms with Crippen molar-refractivity contribution in [1.29, 1.82) is 0 Å². The van der Waals surface area contributed by atoms with Gasteiger partial charge in [-0.25, -0.2) is 8.51 Å². The molecule has 188 valence electrons. The van der Waals surface area contributed by atoms with E-state index in [1.54, 1.807) is 46.3 Å². The van der Waals surface area contributed by atoms with E-state index in [-0.39, 0.29) is 31.5 Å². The second kappa shape index (κ2) is 9.01. The summed E-state index contributed by atoms with van der Waals surface area (Å²) in [4.78, 5) is 32.4. The molecule has 2 atom stereocenters. The SMILES string of the molecule is C=C(C)C(=O)N1CCC2(CC1)CN1C(=O)CN(S(=O)c3cc4cc(Cl)ccc4[nH]3)CC1(COC)O2. The van der Waals surface area contributed by atoms with Gasteiger partial charge < -0.3 is 24.3 Å². The standard InChI is InChI=1S/C24H29ClN4O5S/c1-16(2)22(31)27-8-6-23(7-9-27)13-29-21(30)12-28(14-24(29,34-23)15-33-3)35(32)20-11-17-10-18(25)4-5-19(17)26-20/h4-5,10-11,26H,1,6-9,12-15H2,2-3H3. The third-order valence-electron chi connectivity index (χ3n) is 7.06. The van der Waals surface area contributed by atoms with E-state index in [1.807, 2.05) is 6.07 Å². The molecule has 1 aromatic carbocycles. The van der Waals surface area contributed by atoms with Crippen LogP contribution in [0.2, 0.25) is 5.02 Å². The molecule has 1 aromatic heterocycles. The molecule has 11 heteroatoms. The minimum atomic E-state index is -1.61. The number of H-pyrrole nitrogens is 1. The van der Waals surface area contributed by atoms with Crippen molar-refractivity contribution in [1.82, 2.24) is 19.1 Å². The third-order valence-corrected chi connectivity index (χ3v) is 8.62. The molecular formula is C24H29ClN4O5S. The second-order valence-electron chi connectivity index (χ2n) is 9.63. The number of halogens is 1. The van der Waals surface area contributed by atoms with Crippen molar-refractivity contribution < 1.29 is 23.3 Å². The van der Waals surface area contributed by atoms with E-state index in [1.165, 1.54) is 0 Å². The van der Waals surface area contributed by atoms with Crippen LogP contribution in [0.1, 0.15) is 19.8 Å². The number of nitrogens with one attached hydrogen (secondary N) is 1. The Kier molecular flexibility index (Phi) is 6.29. The lowest BCUT2D eigenvalue weighted by atomic mass is 9.91. The first kappa shape index (κ1) is 24.5. The summed E-state index contributed by atoms with van der Waals surface area (Å²) in [6, 6.07) is 7.20. The zero-order valence-electron chi connectivity index (χ0n) is 19.8. The highest BCUT2D eigenvalue weighted by Gasteiger charge is 2.60. The number of rotatable bonds is 5. The number of aromatic amines is 1.